The van der Waals surface area contributed by atoms with E-state index < -0.39 is 6.17 Å². The van der Waals surface area contributed by atoms with E-state index in [1.165, 1.54) is 0 Å². The van der Waals surface area contributed by atoms with Crippen LogP contribution in [-0.4, -0.2) is 10.7 Å². The van der Waals surface area contributed by atoms with Crippen LogP contribution in [0, 0.1) is 0 Å². The van der Waals surface area contributed by atoms with Crippen LogP contribution < -0.4 is 0 Å². The lowest BCUT2D eigenvalue weighted by Crippen LogP contribution is -2.04. The van der Waals surface area contributed by atoms with Gasteiger partial charge in [0.25, 0.3) is 0 Å². The predicted molar refractivity (Wildman–Crippen MR) is 35.0 cm³/mol. The average molecular weight is 127 g/mol. The van der Waals surface area contributed by atoms with E-state index in [0.717, 1.165) is 0 Å². The van der Waals surface area contributed by atoms with Crippen LogP contribution in [0.2, 0.25) is 0 Å². The van der Waals surface area contributed by atoms with Crippen molar-refractivity contribution in [2.45, 2.75) is 19.6 Å². The molecule has 1 heterocycles. The average Bonchev–Trinajstić information content (AvgIpc) is 2.15. The van der Waals surface area contributed by atoms with Crippen molar-refractivity contribution in [2.24, 2.45) is 0 Å². The fourth-order valence-electron chi connectivity index (χ4n) is 0.782. The smallest absolute Gasteiger partial charge is 0.115 e. The monoisotopic (exact) mass is 127 g/mol. The summed E-state index contributed by atoms with van der Waals surface area (Å²) in [4.78, 5) is 0. The topological polar surface area (TPSA) is 4.93 Å². The first kappa shape index (κ1) is 6.33. The van der Waals surface area contributed by atoms with Crippen LogP contribution in [0.1, 0.15) is 6.92 Å². The van der Waals surface area contributed by atoms with Gasteiger partial charge in [-0.15, -0.1) is 0 Å². The van der Waals surface area contributed by atoms with Gasteiger partial charge in [-0.1, -0.05) is 0 Å². The first-order valence-corrected chi connectivity index (χ1v) is 3.04. The molecule has 0 spiro atoms. The highest BCUT2D eigenvalue weighted by Gasteiger charge is 1.95. The number of aromatic nitrogens is 1. The lowest BCUT2D eigenvalue weighted by atomic mass is 10.4. The summed E-state index contributed by atoms with van der Waals surface area (Å²) in [6, 6.07) is 3.78. The molecule has 0 saturated carbocycles. The minimum Gasteiger partial charge on any atom is -0.351 e. The lowest BCUT2D eigenvalue weighted by Gasteiger charge is -2.01. The second kappa shape index (κ2) is 2.67. The van der Waals surface area contributed by atoms with Gasteiger partial charge >= 0.3 is 0 Å². The molecule has 1 rings (SSSR count). The van der Waals surface area contributed by atoms with Gasteiger partial charge in [0.2, 0.25) is 0 Å². The summed E-state index contributed by atoms with van der Waals surface area (Å²) in [5.41, 5.74) is 0. The summed E-state index contributed by atoms with van der Waals surface area (Å²) in [5, 5.41) is 0. The predicted octanol–water partition coefficient (Wildman–Crippen LogP) is 1.85. The molecule has 0 radical (unpaired) electrons. The van der Waals surface area contributed by atoms with Crippen molar-refractivity contribution >= 4 is 0 Å². The number of hydrogen-bond donors (Lipinski definition) is 0. The molecule has 0 saturated heterocycles. The van der Waals surface area contributed by atoms with Gasteiger partial charge in [0.15, 0.2) is 0 Å². The molecule has 1 unspecified atom stereocenters. The van der Waals surface area contributed by atoms with Gasteiger partial charge in [-0.3, -0.25) is 0 Å². The fraction of sp³-hybridized carbons (Fsp3) is 0.429. The fourth-order valence-corrected chi connectivity index (χ4v) is 0.782. The summed E-state index contributed by atoms with van der Waals surface area (Å²) in [6.45, 7) is 2.02. The SMILES string of the molecule is CC(F)Cn1cccc1. The zero-order valence-corrected chi connectivity index (χ0v) is 5.42. The molecule has 1 nitrogen and oxygen atoms in total. The third kappa shape index (κ3) is 1.88. The van der Waals surface area contributed by atoms with Gasteiger partial charge in [-0.05, 0) is 19.1 Å². The highest BCUT2D eigenvalue weighted by atomic mass is 19.1. The number of hydrogen-bond acceptors (Lipinski definition) is 0. The largest absolute Gasteiger partial charge is 0.351 e. The van der Waals surface area contributed by atoms with E-state index in [9.17, 15) is 4.39 Å². The van der Waals surface area contributed by atoms with Crippen molar-refractivity contribution in [3.05, 3.63) is 24.5 Å². The number of rotatable bonds is 2. The van der Waals surface area contributed by atoms with Gasteiger partial charge in [0.05, 0.1) is 6.54 Å². The zero-order valence-electron chi connectivity index (χ0n) is 5.42. The molecule has 1 atom stereocenters. The van der Waals surface area contributed by atoms with Crippen LogP contribution in [0.3, 0.4) is 0 Å². The Kier molecular flexibility index (Phi) is 1.88. The Balaban J connectivity index is 2.48. The quantitative estimate of drug-likeness (QED) is 0.571. The van der Waals surface area contributed by atoms with Gasteiger partial charge in [0, 0.05) is 12.4 Å². The van der Waals surface area contributed by atoms with E-state index in [0.29, 0.717) is 6.54 Å². The Hall–Kier alpha value is -0.790. The Morgan fingerprint density at radius 3 is 2.44 bits per heavy atom. The highest BCUT2D eigenvalue weighted by molar-refractivity contribution is 4.90. The van der Waals surface area contributed by atoms with Crippen LogP contribution in [0.25, 0.3) is 0 Å². The van der Waals surface area contributed by atoms with Crippen LogP contribution >= 0.6 is 0 Å². The third-order valence-electron chi connectivity index (χ3n) is 1.13. The molecular weight excluding hydrogens is 117 g/mol. The maximum absolute atomic E-state index is 12.2. The Bertz CT molecular complexity index is 155. The normalized spacial score (nSPS) is 13.6. The van der Waals surface area contributed by atoms with E-state index in [4.69, 9.17) is 0 Å². The van der Waals surface area contributed by atoms with Crippen molar-refractivity contribution in [1.82, 2.24) is 4.57 Å². The summed E-state index contributed by atoms with van der Waals surface area (Å²) in [5.74, 6) is 0. The van der Waals surface area contributed by atoms with Gasteiger partial charge in [0.1, 0.15) is 6.17 Å². The Labute approximate surface area is 54.1 Å². The molecule has 0 aliphatic heterocycles. The summed E-state index contributed by atoms with van der Waals surface area (Å²) >= 11 is 0. The molecule has 2 heteroatoms. The van der Waals surface area contributed by atoms with Crippen LogP contribution in [-0.2, 0) is 6.54 Å². The summed E-state index contributed by atoms with van der Waals surface area (Å²) in [6.07, 6.45) is 2.96. The summed E-state index contributed by atoms with van der Waals surface area (Å²) in [7, 11) is 0. The standard InChI is InChI=1S/C7H10FN/c1-7(8)6-9-4-2-3-5-9/h2-5,7H,6H2,1H3. The van der Waals surface area contributed by atoms with E-state index in [2.05, 4.69) is 0 Å². The second-order valence-corrected chi connectivity index (χ2v) is 2.16. The van der Waals surface area contributed by atoms with Crippen LogP contribution in [0.5, 0.6) is 0 Å². The zero-order chi connectivity index (χ0) is 6.69. The molecule has 50 valence electrons. The first-order chi connectivity index (χ1) is 4.29. The van der Waals surface area contributed by atoms with Gasteiger partial charge in [-0.25, -0.2) is 4.39 Å². The maximum atomic E-state index is 12.2. The molecule has 0 N–H and O–H groups in total. The molecule has 0 aliphatic rings. The van der Waals surface area contributed by atoms with Gasteiger partial charge < -0.3 is 4.57 Å². The van der Waals surface area contributed by atoms with E-state index in [1.54, 1.807) is 6.92 Å². The van der Waals surface area contributed by atoms with Crippen LogP contribution in [0.4, 0.5) is 4.39 Å². The third-order valence-corrected chi connectivity index (χ3v) is 1.13. The lowest BCUT2D eigenvalue weighted by molar-refractivity contribution is 0.321. The maximum Gasteiger partial charge on any atom is 0.115 e. The van der Waals surface area contributed by atoms with Gasteiger partial charge in [-0.2, -0.15) is 0 Å². The minimum atomic E-state index is -0.752. The Morgan fingerprint density at radius 2 is 2.00 bits per heavy atom. The number of nitrogens with zero attached hydrogens (tertiary/aromatic N) is 1. The second-order valence-electron chi connectivity index (χ2n) is 2.16. The number of alkyl halides is 1. The minimum absolute atomic E-state index is 0.465. The molecule has 0 amide bonds. The van der Waals surface area contributed by atoms with E-state index >= 15 is 0 Å². The number of halogens is 1. The van der Waals surface area contributed by atoms with Crippen molar-refractivity contribution in [3.63, 3.8) is 0 Å². The van der Waals surface area contributed by atoms with Crippen molar-refractivity contribution in [3.8, 4) is 0 Å². The molecule has 0 aliphatic carbocycles. The van der Waals surface area contributed by atoms with Crippen LogP contribution in [0.15, 0.2) is 24.5 Å². The molecule has 0 fully saturated rings. The summed E-state index contributed by atoms with van der Waals surface area (Å²) < 4.78 is 14.1. The molecule has 1 aromatic rings. The highest BCUT2D eigenvalue weighted by Crippen LogP contribution is 1.95. The Morgan fingerprint density at radius 1 is 1.44 bits per heavy atom. The molecular formula is C7H10FN. The molecule has 1 aromatic heterocycles. The molecule has 0 aromatic carbocycles. The molecule has 0 bridgehead atoms. The van der Waals surface area contributed by atoms with Crippen molar-refractivity contribution in [1.29, 1.82) is 0 Å². The molecule has 9 heavy (non-hydrogen) atoms. The van der Waals surface area contributed by atoms with E-state index in [-0.39, 0.29) is 0 Å². The van der Waals surface area contributed by atoms with Crippen molar-refractivity contribution < 1.29 is 4.39 Å². The van der Waals surface area contributed by atoms with Crippen molar-refractivity contribution in [2.75, 3.05) is 0 Å². The first-order valence-electron chi connectivity index (χ1n) is 3.04. The van der Waals surface area contributed by atoms with E-state index in [1.807, 2.05) is 29.1 Å².